The van der Waals surface area contributed by atoms with Crippen LogP contribution < -0.4 is 32.7 Å². The van der Waals surface area contributed by atoms with Crippen molar-refractivity contribution in [3.8, 4) is 67.5 Å². The molecule has 2 aliphatic heterocycles. The number of rotatable bonds is 19. The second-order valence-corrected chi connectivity index (χ2v) is 35.6. The highest BCUT2D eigenvalue weighted by atomic mass is 79.9. The van der Waals surface area contributed by atoms with Crippen molar-refractivity contribution in [2.75, 3.05) is 52.5 Å². The van der Waals surface area contributed by atoms with Crippen LogP contribution in [0.4, 0.5) is 22.0 Å². The fraction of sp³-hybridized carbons (Fsp3) is 0.171. The lowest BCUT2D eigenvalue weighted by molar-refractivity contribution is -0.116. The number of phenolic OH excluding ortho intramolecular Hbond substituents is 3. The second-order valence-electron chi connectivity index (χ2n) is 32.9. The number of β-amino-alcohol motifs (C(OH)–C–C–N with tert-alkyl or cyclic N) is 1. The smallest absolute Gasteiger partial charge is 0.488 e. The maximum absolute atomic E-state index is 13.8. The molecule has 19 nitrogen and oxygen atoms in total. The fourth-order valence-electron chi connectivity index (χ4n) is 15.7. The Balaban J connectivity index is 0.000000151. The lowest BCUT2D eigenvalue weighted by atomic mass is 9.80. The molecule has 0 unspecified atom stereocenters. The topological polar surface area (TPSA) is 292 Å². The summed E-state index contributed by atoms with van der Waals surface area (Å²) in [7, 11) is -1.46. The molecule has 19 rings (SSSR count). The van der Waals surface area contributed by atoms with E-state index in [2.05, 4.69) is 25.7 Å². The van der Waals surface area contributed by atoms with Gasteiger partial charge in [-0.15, -0.1) is 0 Å². The van der Waals surface area contributed by atoms with Gasteiger partial charge in [0, 0.05) is 102 Å². The number of benzene rings is 13. The number of aliphatic hydroxyl groups excluding tert-OH is 1. The Morgan fingerprint density at radius 3 is 1.08 bits per heavy atom. The van der Waals surface area contributed by atoms with Crippen molar-refractivity contribution in [1.29, 1.82) is 0 Å². The minimum Gasteiger partial charge on any atom is -0.508 e. The fourth-order valence-corrected chi connectivity index (χ4v) is 17.0. The summed E-state index contributed by atoms with van der Waals surface area (Å²) in [4.78, 5) is 76.2. The lowest BCUT2D eigenvalue weighted by Crippen LogP contribution is -2.29. The largest absolute Gasteiger partial charge is 0.508 e. The Labute approximate surface area is 846 Å². The van der Waals surface area contributed by atoms with Gasteiger partial charge in [0.1, 0.15) is 86.8 Å². The Kier molecular flexibility index (Phi) is 39.3. The number of hydrogen-bond donors (Lipinski definition) is 6. The lowest BCUT2D eigenvalue weighted by Gasteiger charge is -2.15. The number of fused-ring (bicyclic) bond motifs is 4. The summed E-state index contributed by atoms with van der Waals surface area (Å²) in [5.74, 6) is -1.65. The summed E-state index contributed by atoms with van der Waals surface area (Å²) in [5.41, 5.74) is 10.0. The summed E-state index contributed by atoms with van der Waals surface area (Å²) in [6.45, 7) is 12.2. The number of halogens is 11. The number of hydrogen-bond acceptors (Lipinski definition) is 19. The first-order valence-corrected chi connectivity index (χ1v) is 47.7. The number of likely N-dealkylation sites (tertiary alicyclic amines) is 2. The summed E-state index contributed by atoms with van der Waals surface area (Å²) < 4.78 is 93.6. The van der Waals surface area contributed by atoms with Crippen molar-refractivity contribution in [3.63, 3.8) is 0 Å². The molecule has 0 saturated carbocycles. The molecule has 0 bridgehead atoms. The zero-order valence-electron chi connectivity index (χ0n) is 76.8. The van der Waals surface area contributed by atoms with E-state index in [0.29, 0.717) is 123 Å². The van der Waals surface area contributed by atoms with Gasteiger partial charge in [-0.1, -0.05) is 171 Å². The molecule has 4 aromatic heterocycles. The van der Waals surface area contributed by atoms with Crippen molar-refractivity contribution in [2.24, 2.45) is 0 Å². The van der Waals surface area contributed by atoms with E-state index in [4.69, 9.17) is 106 Å². The van der Waals surface area contributed by atoms with E-state index in [1.165, 1.54) is 125 Å². The number of phenols is 3. The van der Waals surface area contributed by atoms with E-state index >= 15 is 0 Å². The molecule has 2 aliphatic rings. The number of ketones is 2. The number of aromatic hydroxyl groups is 3. The molecule has 6 N–H and O–H groups in total. The van der Waals surface area contributed by atoms with Crippen LogP contribution in [0.5, 0.6) is 23.0 Å². The van der Waals surface area contributed by atoms with Gasteiger partial charge in [0.2, 0.25) is 0 Å². The molecular formula is C111H94BBrCl5F5N2O17. The molecule has 0 radical (unpaired) electrons. The van der Waals surface area contributed by atoms with E-state index in [1.807, 2.05) is 43.3 Å². The Morgan fingerprint density at radius 2 is 0.711 bits per heavy atom. The van der Waals surface area contributed by atoms with Gasteiger partial charge < -0.3 is 57.8 Å². The first-order chi connectivity index (χ1) is 68.1. The summed E-state index contributed by atoms with van der Waals surface area (Å²) in [6.07, 6.45) is 6.58. The van der Waals surface area contributed by atoms with Gasteiger partial charge in [0.15, 0.2) is 5.78 Å². The van der Waals surface area contributed by atoms with Crippen LogP contribution in [0.15, 0.2) is 322 Å². The third-order valence-electron chi connectivity index (χ3n) is 22.7. The summed E-state index contributed by atoms with van der Waals surface area (Å²) >= 11 is 32.8. The van der Waals surface area contributed by atoms with Crippen molar-refractivity contribution in [1.82, 2.24) is 9.80 Å². The van der Waals surface area contributed by atoms with Gasteiger partial charge >= 0.3 is 29.6 Å². The summed E-state index contributed by atoms with van der Waals surface area (Å²) in [5, 5.41) is 59.2. The molecule has 0 spiro atoms. The third kappa shape index (κ3) is 30.4. The van der Waals surface area contributed by atoms with Gasteiger partial charge in [-0.25, -0.2) is 41.1 Å². The molecular weight excluding hydrogens is 2000 g/mol. The molecule has 2 saturated heterocycles. The van der Waals surface area contributed by atoms with Crippen LogP contribution in [-0.4, -0.2) is 111 Å². The second kappa shape index (κ2) is 51.9. The van der Waals surface area contributed by atoms with Crippen LogP contribution in [0, 0.1) is 36.0 Å². The van der Waals surface area contributed by atoms with Crippen LogP contribution >= 0.6 is 73.9 Å². The van der Waals surface area contributed by atoms with Crippen molar-refractivity contribution < 1.29 is 84.4 Å². The minimum absolute atomic E-state index is 0.115. The number of Topliss-reactive ketones (excluding diaryl/α,β-unsaturated/α-hetero) is 2. The molecule has 2 fully saturated rings. The molecule has 31 heteroatoms. The maximum Gasteiger partial charge on any atom is 0.488 e. The zero-order valence-corrected chi connectivity index (χ0v) is 82.1. The Bertz CT molecular complexity index is 7470. The van der Waals surface area contributed by atoms with E-state index in [0.717, 1.165) is 94.0 Å². The number of aliphatic hydroxyl groups is 1. The number of aryl methyl sites for hydroxylation is 1. The van der Waals surface area contributed by atoms with Crippen LogP contribution in [0.25, 0.3) is 88.4 Å². The molecule has 0 aliphatic carbocycles. The SMILES string of the molecule is CC(=O)Cc1ccc(Cl)cc1.CC(=O)c1ccc(F)cc1O.Cc1c(-c2ccc(Cl)cc2)c(=O)oc2cc(F)ccc12.O=c1oc2cc(F)ccc2c(CBr)c1-c1ccc(Cl)cc1.O=c1oc2cc(F)ccc2c(Cc2ccc(O)cc2)c1-c1ccc(Cl)cc1.O=c1oc2cc(F)ccc2c(Cc2ccc(OCCN3CCCC3)cc2)c1-c1ccc(Cl)cc1.OB(O)c1ccc(O)cc1.OCCN1CCCC1. The monoisotopic (exact) mass is 2090 g/mol. The first kappa shape index (κ1) is 108. The predicted molar refractivity (Wildman–Crippen MR) is 555 cm³/mol. The Morgan fingerprint density at radius 1 is 0.394 bits per heavy atom. The molecule has 142 heavy (non-hydrogen) atoms. The van der Waals surface area contributed by atoms with Gasteiger partial charge in [0.05, 0.1) is 34.4 Å². The molecule has 0 atom stereocenters. The normalized spacial score (nSPS) is 12.0. The quantitative estimate of drug-likeness (QED) is 0.0144. The number of nitrogens with zero attached hydrogens (tertiary/aromatic N) is 2. The predicted octanol–water partition coefficient (Wildman–Crippen LogP) is 24.9. The average molecular weight is 2090 g/mol. The van der Waals surface area contributed by atoms with Crippen LogP contribution in [0.3, 0.4) is 0 Å². The standard InChI is InChI=1S/C28H25ClFNO3.C22H14ClFO3.C16H9BrClFO2.C16H10ClFO2.C9H9ClO.C8H7FO2.C6H7BO3.C6H13NO/c29-21-7-5-20(6-8-21)27-25(24-12-9-22(30)18-26(24)34-28(27)32)17-19-3-10-23(11-4-19)33-16-15-31-13-1-2-14-31;23-15-5-3-14(4-6-15)21-19(11-13-1-8-17(25)9-2-13)18-10-7-16(24)12-20(18)27-22(21)26;17-8-13-12-6-5-11(19)7-14(12)21-16(20)15(13)9-1-3-10(18)4-2-9;1-9-13-7-6-12(18)8-14(13)20-16(19)15(9)10-2-4-11(17)5-3-10;1-7(11)6-8-2-4-9(10)5-3-8;1-5(10)7-3-2-6(9)4-8(7)11;8-6-3-1-5(2-4-6)7(9)10;8-6-5-7-3-1-2-4-7/h3-12,18H,1-2,13-17H2;1-10,12,25H,11H2;1-7H,8H2;2-8H,1H3;2-5H,6H2,1H3;2-4,11H,1H3;1-4,8-10H;8H,1-6H2. The molecule has 17 aromatic rings. The van der Waals surface area contributed by atoms with Gasteiger partial charge in [-0.2, -0.15) is 0 Å². The van der Waals surface area contributed by atoms with Crippen molar-refractivity contribution >= 4 is 142 Å². The maximum atomic E-state index is 13.8. The van der Waals surface area contributed by atoms with Gasteiger partial charge in [-0.05, 0) is 310 Å². The number of carbonyl (C=O) groups is 2. The average Bonchev–Trinajstić information content (AvgIpc) is 0.827. The van der Waals surface area contributed by atoms with E-state index in [1.54, 1.807) is 165 Å². The van der Waals surface area contributed by atoms with Crippen LogP contribution in [0.2, 0.25) is 25.1 Å². The van der Waals surface area contributed by atoms with E-state index < -0.39 is 58.7 Å². The molecule has 13 aromatic carbocycles. The van der Waals surface area contributed by atoms with E-state index in [9.17, 15) is 55.8 Å². The Hall–Kier alpha value is -13.3. The highest BCUT2D eigenvalue weighted by Gasteiger charge is 2.24. The van der Waals surface area contributed by atoms with Crippen LogP contribution in [-0.2, 0) is 29.4 Å². The van der Waals surface area contributed by atoms with E-state index in [-0.39, 0.29) is 56.7 Å². The van der Waals surface area contributed by atoms with Crippen molar-refractivity contribution in [3.05, 3.63) is 426 Å². The number of carbonyl (C=O) groups excluding carboxylic acids is 2. The zero-order chi connectivity index (χ0) is 102. The number of alkyl halides is 1. The first-order valence-electron chi connectivity index (χ1n) is 44.7. The number of ether oxygens (including phenoxy) is 1. The van der Waals surface area contributed by atoms with Crippen molar-refractivity contribution in [2.45, 2.75) is 71.0 Å². The highest BCUT2D eigenvalue weighted by molar-refractivity contribution is 9.08. The van der Waals surface area contributed by atoms with Crippen LogP contribution in [0.1, 0.15) is 88.8 Å². The molecule has 6 heterocycles. The van der Waals surface area contributed by atoms with Gasteiger partial charge in [-0.3, -0.25) is 14.5 Å². The van der Waals surface area contributed by atoms with Gasteiger partial charge in [0.25, 0.3) is 0 Å². The minimum atomic E-state index is -1.46. The summed E-state index contributed by atoms with van der Waals surface area (Å²) in [6, 6.07) is 75.7. The molecule has 0 amide bonds. The third-order valence-corrected chi connectivity index (χ3v) is 24.6. The highest BCUT2D eigenvalue weighted by Crippen LogP contribution is 2.37. The molecule has 730 valence electrons.